The van der Waals surface area contributed by atoms with Crippen LogP contribution in [0.4, 0.5) is 10.2 Å². The number of anilines is 1. The highest BCUT2D eigenvalue weighted by Crippen LogP contribution is 2.35. The smallest absolute Gasteiger partial charge is 0.257 e. The van der Waals surface area contributed by atoms with E-state index in [0.717, 1.165) is 24.2 Å². The van der Waals surface area contributed by atoms with E-state index in [0.29, 0.717) is 28.6 Å². The first kappa shape index (κ1) is 22.1. The van der Waals surface area contributed by atoms with E-state index < -0.39 is 5.92 Å². The van der Waals surface area contributed by atoms with E-state index >= 15 is 0 Å². The van der Waals surface area contributed by atoms with Gasteiger partial charge in [0.25, 0.3) is 5.56 Å². The lowest BCUT2D eigenvalue weighted by molar-refractivity contribution is -0.116. The number of rotatable bonds is 8. The molecule has 166 valence electrons. The Labute approximate surface area is 189 Å². The number of halogens is 1. The topological polar surface area (TPSA) is 84.1 Å². The lowest BCUT2D eigenvalue weighted by Gasteiger charge is -2.24. The molecule has 0 unspecified atom stereocenters. The highest BCUT2D eigenvalue weighted by molar-refractivity contribution is 7.98. The maximum Gasteiger partial charge on any atom is 0.257 e. The van der Waals surface area contributed by atoms with Crippen molar-refractivity contribution < 1.29 is 13.9 Å². The lowest BCUT2D eigenvalue weighted by Crippen LogP contribution is -2.31. The Kier molecular flexibility index (Phi) is 6.90. The number of carbonyl (C=O) groups excluding carboxylic acids is 1. The largest absolute Gasteiger partial charge is 0.494 e. The van der Waals surface area contributed by atoms with Crippen molar-refractivity contribution in [2.75, 3.05) is 11.9 Å². The summed E-state index contributed by atoms with van der Waals surface area (Å²) >= 11 is 1.21. The van der Waals surface area contributed by atoms with E-state index in [1.807, 2.05) is 24.3 Å². The Morgan fingerprint density at radius 2 is 1.94 bits per heavy atom. The van der Waals surface area contributed by atoms with Gasteiger partial charge in [0.2, 0.25) is 5.91 Å². The van der Waals surface area contributed by atoms with Gasteiger partial charge in [-0.25, -0.2) is 9.37 Å². The number of aromatic nitrogens is 2. The summed E-state index contributed by atoms with van der Waals surface area (Å²) in [4.78, 5) is 32.5. The van der Waals surface area contributed by atoms with Crippen LogP contribution in [0.15, 0.2) is 58.5 Å². The summed E-state index contributed by atoms with van der Waals surface area (Å²) in [6.45, 7) is 2.76. The molecule has 0 aliphatic carbocycles. The fraction of sp³-hybridized carbons (Fsp3) is 0.292. The van der Waals surface area contributed by atoms with Crippen molar-refractivity contribution in [1.82, 2.24) is 9.97 Å². The van der Waals surface area contributed by atoms with Gasteiger partial charge in [-0.1, -0.05) is 55.4 Å². The minimum atomic E-state index is -0.398. The van der Waals surface area contributed by atoms with Crippen molar-refractivity contribution in [3.63, 3.8) is 0 Å². The number of nitrogens with one attached hydrogen (secondary N) is 2. The molecule has 1 aromatic heterocycles. The molecular formula is C24H24FN3O3S. The number of unbranched alkanes of at least 4 members (excludes halogenated alkanes) is 1. The Bertz CT molecular complexity index is 1160. The molecule has 2 aromatic carbocycles. The van der Waals surface area contributed by atoms with Crippen LogP contribution in [-0.4, -0.2) is 22.5 Å². The van der Waals surface area contributed by atoms with Gasteiger partial charge < -0.3 is 15.0 Å². The molecule has 0 saturated heterocycles. The fourth-order valence-corrected chi connectivity index (χ4v) is 4.44. The summed E-state index contributed by atoms with van der Waals surface area (Å²) in [6, 6.07) is 13.9. The van der Waals surface area contributed by atoms with Crippen LogP contribution >= 0.6 is 11.8 Å². The standard InChI is InChI=1S/C24H24FN3O3S/c1-2-3-12-31-17-10-8-15(9-11-17)18-13-20(29)26-22-21(18)23(30)28-24(27-22)32-14-16-6-4-5-7-19(16)25/h4-11,18H,2-3,12-14H2,1H3,(H2,26,27,28,29,30)/t18-/m0/s1. The molecule has 0 fully saturated rings. The normalized spacial score (nSPS) is 15.2. The van der Waals surface area contributed by atoms with E-state index in [4.69, 9.17) is 4.74 Å². The van der Waals surface area contributed by atoms with Crippen LogP contribution in [0.25, 0.3) is 0 Å². The van der Waals surface area contributed by atoms with Crippen LogP contribution in [0.1, 0.15) is 48.8 Å². The summed E-state index contributed by atoms with van der Waals surface area (Å²) in [5, 5.41) is 3.05. The predicted octanol–water partition coefficient (Wildman–Crippen LogP) is 4.85. The van der Waals surface area contributed by atoms with Gasteiger partial charge in [-0.05, 0) is 35.7 Å². The second kappa shape index (κ2) is 9.99. The molecule has 2 N–H and O–H groups in total. The molecule has 0 spiro atoms. The number of aromatic amines is 1. The fourth-order valence-electron chi connectivity index (χ4n) is 3.60. The van der Waals surface area contributed by atoms with Gasteiger partial charge in [-0.3, -0.25) is 9.59 Å². The van der Waals surface area contributed by atoms with Crippen molar-refractivity contribution in [2.24, 2.45) is 0 Å². The van der Waals surface area contributed by atoms with E-state index in [-0.39, 0.29) is 29.5 Å². The van der Waals surface area contributed by atoms with Crippen molar-refractivity contribution >= 4 is 23.5 Å². The molecular weight excluding hydrogens is 429 g/mol. The molecule has 8 heteroatoms. The van der Waals surface area contributed by atoms with Crippen LogP contribution in [0.3, 0.4) is 0 Å². The van der Waals surface area contributed by atoms with Crippen LogP contribution in [-0.2, 0) is 10.5 Å². The number of ether oxygens (including phenoxy) is 1. The van der Waals surface area contributed by atoms with Gasteiger partial charge in [0.15, 0.2) is 5.16 Å². The molecule has 32 heavy (non-hydrogen) atoms. The molecule has 6 nitrogen and oxygen atoms in total. The maximum atomic E-state index is 13.9. The number of nitrogens with zero attached hydrogens (tertiary/aromatic N) is 1. The third kappa shape index (κ3) is 5.02. The number of hydrogen-bond acceptors (Lipinski definition) is 5. The van der Waals surface area contributed by atoms with Gasteiger partial charge in [-0.15, -0.1) is 0 Å². The Balaban J connectivity index is 1.56. The van der Waals surface area contributed by atoms with E-state index in [1.165, 1.54) is 17.8 Å². The highest BCUT2D eigenvalue weighted by atomic mass is 32.2. The quantitative estimate of drug-likeness (QED) is 0.289. The van der Waals surface area contributed by atoms with E-state index in [9.17, 15) is 14.0 Å². The molecule has 1 aliphatic rings. The molecule has 0 bridgehead atoms. The van der Waals surface area contributed by atoms with Crippen LogP contribution < -0.4 is 15.6 Å². The van der Waals surface area contributed by atoms with Gasteiger partial charge in [0.05, 0.1) is 12.2 Å². The minimum Gasteiger partial charge on any atom is -0.494 e. The summed E-state index contributed by atoms with van der Waals surface area (Å²) in [5.74, 6) is 0.421. The van der Waals surface area contributed by atoms with Gasteiger partial charge >= 0.3 is 0 Å². The van der Waals surface area contributed by atoms with E-state index in [2.05, 4.69) is 22.2 Å². The second-order valence-electron chi connectivity index (χ2n) is 7.59. The number of amides is 1. The van der Waals surface area contributed by atoms with Gasteiger partial charge in [-0.2, -0.15) is 0 Å². The number of H-pyrrole nitrogens is 1. The number of carbonyl (C=O) groups is 1. The number of benzene rings is 2. The van der Waals surface area contributed by atoms with Crippen LogP contribution in [0.2, 0.25) is 0 Å². The number of fused-ring (bicyclic) bond motifs is 1. The van der Waals surface area contributed by atoms with Crippen molar-refractivity contribution in [3.8, 4) is 5.75 Å². The monoisotopic (exact) mass is 453 g/mol. The van der Waals surface area contributed by atoms with Gasteiger partial charge in [0.1, 0.15) is 17.4 Å². The average molecular weight is 454 g/mol. The van der Waals surface area contributed by atoms with Crippen molar-refractivity contribution in [2.45, 2.75) is 43.0 Å². The molecule has 1 amide bonds. The lowest BCUT2D eigenvalue weighted by atomic mass is 9.87. The predicted molar refractivity (Wildman–Crippen MR) is 123 cm³/mol. The first-order valence-corrected chi connectivity index (χ1v) is 11.6. The SMILES string of the molecule is CCCCOc1ccc([C@@H]2CC(=O)Nc3nc(SCc4ccccc4F)[nH]c(=O)c32)cc1. The minimum absolute atomic E-state index is 0.162. The van der Waals surface area contributed by atoms with Crippen molar-refractivity contribution in [3.05, 3.63) is 81.4 Å². The summed E-state index contributed by atoms with van der Waals surface area (Å²) < 4.78 is 19.6. The number of thioether (sulfide) groups is 1. The molecule has 0 saturated carbocycles. The van der Waals surface area contributed by atoms with Gasteiger partial charge in [0, 0.05) is 18.1 Å². The van der Waals surface area contributed by atoms with Crippen LogP contribution in [0.5, 0.6) is 5.75 Å². The Hall–Kier alpha value is -3.13. The Morgan fingerprint density at radius 1 is 1.16 bits per heavy atom. The molecule has 1 aliphatic heterocycles. The second-order valence-corrected chi connectivity index (χ2v) is 8.55. The van der Waals surface area contributed by atoms with Crippen molar-refractivity contribution in [1.29, 1.82) is 0 Å². The third-order valence-electron chi connectivity index (χ3n) is 5.30. The summed E-state index contributed by atoms with van der Waals surface area (Å²) in [5.41, 5.74) is 1.49. The molecule has 4 rings (SSSR count). The van der Waals surface area contributed by atoms with Crippen LogP contribution in [0, 0.1) is 5.82 Å². The highest BCUT2D eigenvalue weighted by Gasteiger charge is 2.31. The third-order valence-corrected chi connectivity index (χ3v) is 6.22. The first-order valence-electron chi connectivity index (χ1n) is 10.6. The first-order chi connectivity index (χ1) is 15.5. The zero-order valence-electron chi connectivity index (χ0n) is 17.7. The summed E-state index contributed by atoms with van der Waals surface area (Å²) in [6.07, 6.45) is 2.20. The average Bonchev–Trinajstić information content (AvgIpc) is 2.78. The maximum absolute atomic E-state index is 13.9. The molecule has 1 atom stereocenters. The zero-order chi connectivity index (χ0) is 22.5. The van der Waals surface area contributed by atoms with E-state index in [1.54, 1.807) is 18.2 Å². The summed E-state index contributed by atoms with van der Waals surface area (Å²) in [7, 11) is 0. The Morgan fingerprint density at radius 3 is 2.69 bits per heavy atom. The number of hydrogen-bond donors (Lipinski definition) is 2. The molecule has 3 aromatic rings. The molecule has 0 radical (unpaired) electrons. The molecule has 2 heterocycles. The zero-order valence-corrected chi connectivity index (χ0v) is 18.5.